The lowest BCUT2D eigenvalue weighted by Gasteiger charge is -2.03. The Balaban J connectivity index is 2.47. The fourth-order valence-corrected chi connectivity index (χ4v) is 1.60. The van der Waals surface area contributed by atoms with E-state index in [1.165, 1.54) is 0 Å². The van der Waals surface area contributed by atoms with Gasteiger partial charge in [0.05, 0.1) is 5.56 Å². The maximum absolute atomic E-state index is 13.1. The van der Waals surface area contributed by atoms with Crippen molar-refractivity contribution >= 4 is 5.78 Å². The summed E-state index contributed by atoms with van der Waals surface area (Å²) in [7, 11) is 0. The molecule has 0 unspecified atom stereocenters. The molecule has 0 bridgehead atoms. The fourth-order valence-electron chi connectivity index (χ4n) is 1.60. The van der Waals surface area contributed by atoms with E-state index in [2.05, 4.69) is 0 Å². The number of carbonyl (C=O) groups excluding carboxylic acids is 1. The van der Waals surface area contributed by atoms with Crippen LogP contribution in [-0.2, 0) is 0 Å². The molecule has 2 rings (SSSR count). The highest BCUT2D eigenvalue weighted by Crippen LogP contribution is 2.16. The van der Waals surface area contributed by atoms with Gasteiger partial charge in [0.2, 0.25) is 0 Å². The third kappa shape index (κ3) is 2.63. The minimum atomic E-state index is -0.883. The molecule has 0 saturated carbocycles. The van der Waals surface area contributed by atoms with Crippen molar-refractivity contribution < 1.29 is 18.0 Å². The number of carbonyl (C=O) groups is 1. The lowest BCUT2D eigenvalue weighted by molar-refractivity contribution is 0.103. The van der Waals surface area contributed by atoms with Crippen LogP contribution in [-0.4, -0.2) is 5.78 Å². The average molecular weight is 261 g/mol. The predicted molar refractivity (Wildman–Crippen MR) is 60.9 cm³/mol. The van der Waals surface area contributed by atoms with Crippen molar-refractivity contribution in [3.63, 3.8) is 0 Å². The Morgan fingerprint density at radius 3 is 2.16 bits per heavy atom. The lowest BCUT2D eigenvalue weighted by Crippen LogP contribution is -2.03. The van der Waals surface area contributed by atoms with Gasteiger partial charge in [-0.3, -0.25) is 4.79 Å². The normalized spacial score (nSPS) is 10.0. The third-order valence-electron chi connectivity index (χ3n) is 2.47. The number of nitriles is 1. The van der Waals surface area contributed by atoms with Crippen LogP contribution in [0.3, 0.4) is 0 Å². The Kier molecular flexibility index (Phi) is 3.34. The fraction of sp³-hybridized carbons (Fsp3) is 0. The number of hydrogen-bond acceptors (Lipinski definition) is 2. The van der Waals surface area contributed by atoms with Crippen molar-refractivity contribution in [1.82, 2.24) is 0 Å². The van der Waals surface area contributed by atoms with Crippen LogP contribution in [0.1, 0.15) is 21.5 Å². The number of halogens is 3. The topological polar surface area (TPSA) is 40.9 Å². The number of ketones is 1. The summed E-state index contributed by atoms with van der Waals surface area (Å²) < 4.78 is 39.1. The van der Waals surface area contributed by atoms with E-state index in [0.717, 1.165) is 30.3 Å². The van der Waals surface area contributed by atoms with Gasteiger partial charge in [0.15, 0.2) is 5.78 Å². The maximum atomic E-state index is 13.1. The van der Waals surface area contributed by atoms with E-state index in [4.69, 9.17) is 5.26 Å². The minimum absolute atomic E-state index is 0.0112. The first-order chi connectivity index (χ1) is 9.01. The molecule has 0 atom stereocenters. The first-order valence-electron chi connectivity index (χ1n) is 5.21. The van der Waals surface area contributed by atoms with Crippen molar-refractivity contribution in [3.05, 3.63) is 70.5 Å². The molecule has 0 radical (unpaired) electrons. The summed E-state index contributed by atoms with van der Waals surface area (Å²) in [5.41, 5.74) is -0.515. The Morgan fingerprint density at radius 1 is 0.947 bits per heavy atom. The third-order valence-corrected chi connectivity index (χ3v) is 2.47. The molecule has 94 valence electrons. The van der Waals surface area contributed by atoms with Crippen LogP contribution in [0.4, 0.5) is 13.2 Å². The summed E-state index contributed by atoms with van der Waals surface area (Å²) >= 11 is 0. The molecule has 2 nitrogen and oxygen atoms in total. The largest absolute Gasteiger partial charge is 0.289 e. The van der Waals surface area contributed by atoms with Crippen molar-refractivity contribution in [2.24, 2.45) is 0 Å². The summed E-state index contributed by atoms with van der Waals surface area (Å²) in [4.78, 5) is 12.0. The molecule has 0 amide bonds. The minimum Gasteiger partial charge on any atom is -0.289 e. The van der Waals surface area contributed by atoms with Crippen LogP contribution in [0.15, 0.2) is 36.4 Å². The van der Waals surface area contributed by atoms with Gasteiger partial charge in [-0.05, 0) is 30.3 Å². The van der Waals surface area contributed by atoms with Gasteiger partial charge in [0, 0.05) is 17.2 Å². The Hall–Kier alpha value is -2.61. The zero-order valence-corrected chi connectivity index (χ0v) is 9.45. The summed E-state index contributed by atoms with van der Waals surface area (Å²) in [5, 5.41) is 8.66. The smallest absolute Gasteiger partial charge is 0.193 e. The van der Waals surface area contributed by atoms with Crippen molar-refractivity contribution in [1.29, 1.82) is 5.26 Å². The Bertz CT molecular complexity index is 684. The first kappa shape index (κ1) is 12.8. The van der Waals surface area contributed by atoms with E-state index >= 15 is 0 Å². The molecule has 2 aromatic rings. The van der Waals surface area contributed by atoms with Crippen LogP contribution < -0.4 is 0 Å². The van der Waals surface area contributed by atoms with E-state index in [1.807, 2.05) is 0 Å². The van der Waals surface area contributed by atoms with Gasteiger partial charge in [-0.2, -0.15) is 5.26 Å². The molecule has 0 aliphatic heterocycles. The van der Waals surface area contributed by atoms with Crippen LogP contribution >= 0.6 is 0 Å². The Labute approximate surface area is 106 Å². The summed E-state index contributed by atoms with van der Waals surface area (Å²) in [6.45, 7) is 0. The standard InChI is InChI=1S/C14H6F3NO/c15-11-4-9(5-12(16)6-11)14(19)8-1-2-13(17)10(3-8)7-18/h1-6H. The SMILES string of the molecule is N#Cc1cc(C(=O)c2cc(F)cc(F)c2)ccc1F. The first-order valence-corrected chi connectivity index (χ1v) is 5.21. The van der Waals surface area contributed by atoms with Crippen LogP contribution in [0.25, 0.3) is 0 Å². The molecule has 19 heavy (non-hydrogen) atoms. The average Bonchev–Trinajstić information content (AvgIpc) is 2.37. The molecular weight excluding hydrogens is 255 g/mol. The highest BCUT2D eigenvalue weighted by molar-refractivity contribution is 6.09. The van der Waals surface area contributed by atoms with Gasteiger partial charge in [0.1, 0.15) is 23.5 Å². The molecule has 2 aromatic carbocycles. The van der Waals surface area contributed by atoms with Gasteiger partial charge in [-0.1, -0.05) is 0 Å². The molecular formula is C14H6F3NO. The van der Waals surface area contributed by atoms with Gasteiger partial charge in [-0.15, -0.1) is 0 Å². The highest BCUT2D eigenvalue weighted by atomic mass is 19.1. The summed E-state index contributed by atoms with van der Waals surface area (Å²) in [6, 6.07) is 7.14. The Morgan fingerprint density at radius 2 is 1.58 bits per heavy atom. The van der Waals surface area contributed by atoms with Crippen molar-refractivity contribution in [2.45, 2.75) is 0 Å². The number of hydrogen-bond donors (Lipinski definition) is 0. The molecule has 0 spiro atoms. The highest BCUT2D eigenvalue weighted by Gasteiger charge is 2.14. The van der Waals surface area contributed by atoms with E-state index < -0.39 is 23.2 Å². The molecule has 0 aliphatic rings. The molecule has 0 saturated heterocycles. The van der Waals surface area contributed by atoms with Crippen LogP contribution in [0, 0.1) is 28.8 Å². The van der Waals surface area contributed by atoms with Gasteiger partial charge >= 0.3 is 0 Å². The predicted octanol–water partition coefficient (Wildman–Crippen LogP) is 3.21. The number of benzene rings is 2. The summed E-state index contributed by atoms with van der Waals surface area (Å²) in [6.07, 6.45) is 0. The van der Waals surface area contributed by atoms with Gasteiger partial charge in [-0.25, -0.2) is 13.2 Å². The van der Waals surface area contributed by atoms with Crippen LogP contribution in [0.5, 0.6) is 0 Å². The monoisotopic (exact) mass is 261 g/mol. The molecule has 0 N–H and O–H groups in total. The van der Waals surface area contributed by atoms with E-state index in [1.54, 1.807) is 6.07 Å². The van der Waals surface area contributed by atoms with E-state index in [-0.39, 0.29) is 16.7 Å². The van der Waals surface area contributed by atoms with Gasteiger partial charge in [0.25, 0.3) is 0 Å². The van der Waals surface area contributed by atoms with Crippen LogP contribution in [0.2, 0.25) is 0 Å². The summed E-state index contributed by atoms with van der Waals surface area (Å²) in [5.74, 6) is -3.21. The van der Waals surface area contributed by atoms with Crippen molar-refractivity contribution in [3.8, 4) is 6.07 Å². The lowest BCUT2D eigenvalue weighted by atomic mass is 10.0. The van der Waals surface area contributed by atoms with Crippen molar-refractivity contribution in [2.75, 3.05) is 0 Å². The molecule has 0 aliphatic carbocycles. The molecule has 0 aromatic heterocycles. The van der Waals surface area contributed by atoms with E-state index in [9.17, 15) is 18.0 Å². The zero-order valence-electron chi connectivity index (χ0n) is 9.45. The molecule has 0 heterocycles. The molecule has 5 heteroatoms. The number of rotatable bonds is 2. The second kappa shape index (κ2) is 4.94. The molecule has 0 fully saturated rings. The van der Waals surface area contributed by atoms with Gasteiger partial charge < -0.3 is 0 Å². The quantitative estimate of drug-likeness (QED) is 0.779. The maximum Gasteiger partial charge on any atom is 0.193 e. The second-order valence-corrected chi connectivity index (χ2v) is 3.79. The number of nitrogens with zero attached hydrogens (tertiary/aromatic N) is 1. The zero-order chi connectivity index (χ0) is 14.0. The van der Waals surface area contributed by atoms with E-state index in [0.29, 0.717) is 6.07 Å². The second-order valence-electron chi connectivity index (χ2n) is 3.79.